The van der Waals surface area contributed by atoms with E-state index in [1.54, 1.807) is 6.07 Å². The molecule has 0 spiro atoms. The molecule has 2 rings (SSSR count). The number of non-ortho nitro benzene ring substituents is 1. The average molecular weight is 301 g/mol. The minimum Gasteiger partial charge on any atom is -0.269 e. The van der Waals surface area contributed by atoms with Crippen molar-refractivity contribution >= 4 is 32.5 Å². The summed E-state index contributed by atoms with van der Waals surface area (Å²) in [6.45, 7) is 0. The molecule has 0 unspecified atom stereocenters. The first-order valence-corrected chi connectivity index (χ1v) is 7.13. The third kappa shape index (κ3) is 3.47. The monoisotopic (exact) mass is 301 g/mol. The van der Waals surface area contributed by atoms with Crippen LogP contribution in [0.4, 0.5) is 10.8 Å². The van der Waals surface area contributed by atoms with Crippen LogP contribution in [-0.2, 0) is 10.3 Å². The molecule has 19 heavy (non-hydrogen) atoms. The largest absolute Gasteiger partial charge is 0.359 e. The molecule has 0 aliphatic carbocycles. The first-order valence-electron chi connectivity index (χ1n) is 4.81. The number of rotatable bonds is 4. The van der Waals surface area contributed by atoms with Crippen LogP contribution in [0.2, 0.25) is 0 Å². The lowest BCUT2D eigenvalue weighted by atomic mass is 10.1. The lowest BCUT2D eigenvalue weighted by Crippen LogP contribution is -2.09. The van der Waals surface area contributed by atoms with E-state index < -0.39 is 15.2 Å². The Morgan fingerprint density at radius 3 is 2.79 bits per heavy atom. The molecule has 1 aromatic heterocycles. The minimum absolute atomic E-state index is 0.0241. The zero-order valence-electron chi connectivity index (χ0n) is 9.18. The molecule has 8 nitrogen and oxygen atoms in total. The highest BCUT2D eigenvalue weighted by atomic mass is 32.2. The first-order chi connectivity index (χ1) is 8.85. The summed E-state index contributed by atoms with van der Waals surface area (Å²) < 4.78 is 31.6. The van der Waals surface area contributed by atoms with Gasteiger partial charge in [0.25, 0.3) is 5.69 Å². The molecule has 100 valence electrons. The highest BCUT2D eigenvalue weighted by Gasteiger charge is 2.12. The van der Waals surface area contributed by atoms with Crippen molar-refractivity contribution in [3.8, 4) is 11.3 Å². The SMILES string of the molecule is O=[N+]([O-])c1cccc(-c2csc(NS(=O)(=O)O)n2)c1. The van der Waals surface area contributed by atoms with Crippen molar-refractivity contribution in [3.05, 3.63) is 39.8 Å². The number of nitrogens with zero attached hydrogens (tertiary/aromatic N) is 2. The van der Waals surface area contributed by atoms with Crippen LogP contribution < -0.4 is 4.72 Å². The van der Waals surface area contributed by atoms with E-state index in [1.807, 2.05) is 4.72 Å². The van der Waals surface area contributed by atoms with Gasteiger partial charge in [-0.15, -0.1) is 11.3 Å². The average Bonchev–Trinajstić information content (AvgIpc) is 2.75. The van der Waals surface area contributed by atoms with Crippen LogP contribution in [0.1, 0.15) is 0 Å². The Hall–Kier alpha value is -2.04. The molecule has 0 radical (unpaired) electrons. The molecule has 0 aliphatic heterocycles. The van der Waals surface area contributed by atoms with E-state index in [2.05, 4.69) is 4.98 Å². The van der Waals surface area contributed by atoms with Crippen molar-refractivity contribution in [1.82, 2.24) is 4.98 Å². The molecule has 0 aliphatic rings. The molecular weight excluding hydrogens is 294 g/mol. The summed E-state index contributed by atoms with van der Waals surface area (Å²) in [5.41, 5.74) is 0.767. The van der Waals surface area contributed by atoms with Gasteiger partial charge in [0.1, 0.15) is 0 Å². The van der Waals surface area contributed by atoms with Crippen LogP contribution in [-0.4, -0.2) is 22.9 Å². The van der Waals surface area contributed by atoms with Gasteiger partial charge in [-0.05, 0) is 0 Å². The number of benzene rings is 1. The summed E-state index contributed by atoms with van der Waals surface area (Å²) in [4.78, 5) is 14.0. The van der Waals surface area contributed by atoms with Gasteiger partial charge in [-0.25, -0.2) is 9.71 Å². The highest BCUT2D eigenvalue weighted by molar-refractivity contribution is 7.87. The number of anilines is 1. The molecule has 0 atom stereocenters. The zero-order chi connectivity index (χ0) is 14.0. The first kappa shape index (κ1) is 13.4. The van der Waals surface area contributed by atoms with Crippen LogP contribution in [0.15, 0.2) is 29.6 Å². The molecule has 1 heterocycles. The van der Waals surface area contributed by atoms with Gasteiger partial charge in [-0.2, -0.15) is 8.42 Å². The van der Waals surface area contributed by atoms with Gasteiger partial charge in [0.05, 0.1) is 10.6 Å². The summed E-state index contributed by atoms with van der Waals surface area (Å²) in [7, 11) is -4.38. The van der Waals surface area contributed by atoms with Crippen LogP contribution in [0.5, 0.6) is 0 Å². The highest BCUT2D eigenvalue weighted by Crippen LogP contribution is 2.27. The summed E-state index contributed by atoms with van der Waals surface area (Å²) in [5, 5.41) is 12.1. The lowest BCUT2D eigenvalue weighted by molar-refractivity contribution is -0.384. The third-order valence-corrected chi connectivity index (χ3v) is 3.41. The molecule has 0 amide bonds. The normalized spacial score (nSPS) is 11.2. The van der Waals surface area contributed by atoms with Gasteiger partial charge in [-0.3, -0.25) is 14.7 Å². The Balaban J connectivity index is 2.33. The Bertz CT molecular complexity index is 725. The Morgan fingerprint density at radius 2 is 2.16 bits per heavy atom. The summed E-state index contributed by atoms with van der Waals surface area (Å²) in [5.74, 6) is 0. The van der Waals surface area contributed by atoms with E-state index in [4.69, 9.17) is 4.55 Å². The van der Waals surface area contributed by atoms with Gasteiger partial charge in [0.2, 0.25) is 0 Å². The van der Waals surface area contributed by atoms with E-state index in [0.717, 1.165) is 11.3 Å². The van der Waals surface area contributed by atoms with Crippen molar-refractivity contribution in [2.75, 3.05) is 4.72 Å². The zero-order valence-corrected chi connectivity index (χ0v) is 10.8. The van der Waals surface area contributed by atoms with Gasteiger partial charge >= 0.3 is 10.3 Å². The molecule has 0 saturated heterocycles. The molecule has 2 N–H and O–H groups in total. The van der Waals surface area contributed by atoms with Crippen molar-refractivity contribution in [2.45, 2.75) is 0 Å². The van der Waals surface area contributed by atoms with Gasteiger partial charge in [0, 0.05) is 23.1 Å². The number of aromatic nitrogens is 1. The van der Waals surface area contributed by atoms with E-state index in [9.17, 15) is 18.5 Å². The number of nitro groups is 1. The number of hydrogen-bond donors (Lipinski definition) is 2. The van der Waals surface area contributed by atoms with Crippen molar-refractivity contribution in [3.63, 3.8) is 0 Å². The summed E-state index contributed by atoms with van der Waals surface area (Å²) in [6, 6.07) is 5.78. The van der Waals surface area contributed by atoms with Crippen molar-refractivity contribution in [2.24, 2.45) is 0 Å². The second kappa shape index (κ2) is 4.91. The molecule has 0 fully saturated rings. The fourth-order valence-electron chi connectivity index (χ4n) is 1.34. The van der Waals surface area contributed by atoms with E-state index in [1.165, 1.54) is 23.6 Å². The maximum atomic E-state index is 10.6. The number of nitrogens with one attached hydrogen (secondary N) is 1. The molecule has 2 aromatic rings. The number of nitro benzene ring substituents is 1. The molecule has 0 saturated carbocycles. The Kier molecular flexibility index (Phi) is 3.46. The Morgan fingerprint density at radius 1 is 1.42 bits per heavy atom. The lowest BCUT2D eigenvalue weighted by Gasteiger charge is -1.97. The van der Waals surface area contributed by atoms with E-state index in [-0.39, 0.29) is 10.8 Å². The maximum absolute atomic E-state index is 10.6. The number of thiazole rings is 1. The topological polar surface area (TPSA) is 122 Å². The smallest absolute Gasteiger partial charge is 0.269 e. The minimum atomic E-state index is -4.38. The second-order valence-electron chi connectivity index (χ2n) is 3.42. The van der Waals surface area contributed by atoms with Crippen LogP contribution in [0, 0.1) is 10.1 Å². The van der Waals surface area contributed by atoms with Crippen LogP contribution in [0.25, 0.3) is 11.3 Å². The molecule has 0 bridgehead atoms. The van der Waals surface area contributed by atoms with Crippen LogP contribution >= 0.6 is 11.3 Å². The molecule has 10 heteroatoms. The fourth-order valence-corrected chi connectivity index (χ4v) is 2.68. The van der Waals surface area contributed by atoms with Gasteiger partial charge < -0.3 is 0 Å². The van der Waals surface area contributed by atoms with Gasteiger partial charge in [0.15, 0.2) is 5.13 Å². The van der Waals surface area contributed by atoms with E-state index >= 15 is 0 Å². The Labute approximate surface area is 111 Å². The van der Waals surface area contributed by atoms with Crippen molar-refractivity contribution < 1.29 is 17.9 Å². The molecular formula is C9H7N3O5S2. The third-order valence-electron chi connectivity index (χ3n) is 2.07. The van der Waals surface area contributed by atoms with Crippen LogP contribution in [0.3, 0.4) is 0 Å². The second-order valence-corrected chi connectivity index (χ2v) is 5.43. The van der Waals surface area contributed by atoms with Crippen molar-refractivity contribution in [1.29, 1.82) is 0 Å². The predicted molar refractivity (Wildman–Crippen MR) is 69.4 cm³/mol. The van der Waals surface area contributed by atoms with Gasteiger partial charge in [-0.1, -0.05) is 12.1 Å². The van der Waals surface area contributed by atoms with E-state index in [0.29, 0.717) is 11.3 Å². The number of hydrogen-bond acceptors (Lipinski definition) is 6. The predicted octanol–water partition coefficient (Wildman–Crippen LogP) is 1.93. The maximum Gasteiger partial charge on any atom is 0.359 e. The standard InChI is InChI=1S/C9H7N3O5S2/c13-12(14)7-3-1-2-6(4-7)8-5-18-9(10-8)11-19(15,16)17/h1-5H,(H,10,11)(H,15,16,17). The summed E-state index contributed by atoms with van der Waals surface area (Å²) >= 11 is 0.954. The fraction of sp³-hybridized carbons (Fsp3) is 0. The molecule has 1 aromatic carbocycles. The summed E-state index contributed by atoms with van der Waals surface area (Å²) in [6.07, 6.45) is 0. The quantitative estimate of drug-likeness (QED) is 0.505.